The van der Waals surface area contributed by atoms with Gasteiger partial charge in [-0.05, 0) is 19.8 Å². The van der Waals surface area contributed by atoms with Crippen LogP contribution in [0.2, 0.25) is 0 Å². The summed E-state index contributed by atoms with van der Waals surface area (Å²) in [6.45, 7) is 22.2. The second-order valence-corrected chi connectivity index (χ2v) is 3.09. The highest BCUT2D eigenvalue weighted by Crippen LogP contribution is 1.73. The smallest absolute Gasteiger partial charge is 0.0379 e. The second-order valence-electron chi connectivity index (χ2n) is 3.09. The van der Waals surface area contributed by atoms with Crippen molar-refractivity contribution in [1.82, 2.24) is 0 Å². The molecule has 0 radical (unpaired) electrons. The fourth-order valence-corrected chi connectivity index (χ4v) is 0.236. The summed E-state index contributed by atoms with van der Waals surface area (Å²) < 4.78 is 0. The summed E-state index contributed by atoms with van der Waals surface area (Å²) in [4.78, 5) is 0. The molecule has 0 amide bonds. The van der Waals surface area contributed by atoms with Crippen molar-refractivity contribution in [3.8, 4) is 0 Å². The highest BCUT2D eigenvalue weighted by atomic mass is 13.6. The first-order chi connectivity index (χ1) is 8.16. The Hall–Kier alpha value is -0.520. The van der Waals surface area contributed by atoms with Gasteiger partial charge < -0.3 is 0 Å². The van der Waals surface area contributed by atoms with Gasteiger partial charge >= 0.3 is 0 Å². The van der Waals surface area contributed by atoms with E-state index < -0.39 is 0 Å². The maximum atomic E-state index is 3.48. The molecule has 116 valence electrons. The normalized spacial score (nSPS) is 6.50. The van der Waals surface area contributed by atoms with E-state index >= 15 is 0 Å². The number of hydrogen-bond donors (Lipinski definition) is 0. The van der Waals surface area contributed by atoms with Gasteiger partial charge in [0.25, 0.3) is 0 Å². The molecule has 0 aliphatic heterocycles. The van der Waals surface area contributed by atoms with Gasteiger partial charge in [0.15, 0.2) is 0 Å². The molecule has 0 bridgehead atoms. The first-order valence-corrected chi connectivity index (χ1v) is 7.38. The molecule has 0 aromatic heterocycles. The summed E-state index contributed by atoms with van der Waals surface area (Å²) in [6.07, 6.45) is 10.8. The molecule has 0 fully saturated rings. The highest BCUT2D eigenvalue weighted by Gasteiger charge is 1.52. The molecule has 0 nitrogen and oxygen atoms in total. The first kappa shape index (κ1) is 36.0. The molecule has 0 aliphatic carbocycles. The quantitative estimate of drug-likeness (QED) is 0.440. The molecular formula is C18H44. The average Bonchev–Trinajstić information content (AvgIpc) is 2.35. The molecule has 0 spiro atoms. The first-order valence-electron chi connectivity index (χ1n) is 7.38. The van der Waals surface area contributed by atoms with Gasteiger partial charge in [-0.3, -0.25) is 0 Å². The van der Waals surface area contributed by atoms with Gasteiger partial charge in [-0.2, -0.15) is 0 Å². The number of hydrogen-bond acceptors (Lipinski definition) is 0. The van der Waals surface area contributed by atoms with E-state index in [1.54, 1.807) is 0 Å². The minimum atomic E-state index is 0. The van der Waals surface area contributed by atoms with E-state index in [1.807, 2.05) is 26.8 Å². The fraction of sp³-hybridized carbons (Fsp3) is 0.778. The van der Waals surface area contributed by atoms with Crippen molar-refractivity contribution in [2.75, 3.05) is 0 Å². The van der Waals surface area contributed by atoms with E-state index in [0.29, 0.717) is 0 Å². The van der Waals surface area contributed by atoms with Crippen LogP contribution in [-0.4, -0.2) is 0 Å². The Morgan fingerprint density at radius 2 is 1.00 bits per heavy atom. The second kappa shape index (κ2) is 94.0. The van der Waals surface area contributed by atoms with Gasteiger partial charge in [-0.15, -0.1) is 6.58 Å². The molecule has 18 heavy (non-hydrogen) atoms. The zero-order valence-corrected chi connectivity index (χ0v) is 14.3. The van der Waals surface area contributed by atoms with E-state index in [4.69, 9.17) is 0 Å². The maximum absolute atomic E-state index is 3.48. The van der Waals surface area contributed by atoms with Crippen molar-refractivity contribution in [2.45, 2.75) is 95.4 Å². The van der Waals surface area contributed by atoms with Crippen molar-refractivity contribution >= 4 is 0 Å². The summed E-state index contributed by atoms with van der Waals surface area (Å²) in [6, 6.07) is 0. The van der Waals surface area contributed by atoms with Gasteiger partial charge in [0.2, 0.25) is 0 Å². The molecule has 0 unspecified atom stereocenters. The van der Waals surface area contributed by atoms with Crippen molar-refractivity contribution in [1.29, 1.82) is 0 Å². The van der Waals surface area contributed by atoms with Gasteiger partial charge in [0, 0.05) is 0 Å². The number of rotatable bonds is 2. The van der Waals surface area contributed by atoms with Crippen LogP contribution in [0, 0.1) is 0 Å². The van der Waals surface area contributed by atoms with E-state index in [0.717, 1.165) is 12.8 Å². The van der Waals surface area contributed by atoms with Crippen LogP contribution in [0.25, 0.3) is 0 Å². The van der Waals surface area contributed by atoms with Crippen molar-refractivity contribution in [3.63, 3.8) is 0 Å². The lowest BCUT2D eigenvalue weighted by molar-refractivity contribution is 1.09. The predicted molar refractivity (Wildman–Crippen MR) is 95.6 cm³/mol. The Labute approximate surface area is 121 Å². The zero-order valence-electron chi connectivity index (χ0n) is 14.3. The molecule has 0 atom stereocenters. The van der Waals surface area contributed by atoms with Gasteiger partial charge in [0.1, 0.15) is 0 Å². The zero-order chi connectivity index (χ0) is 14.9. The van der Waals surface area contributed by atoms with Crippen LogP contribution in [0.4, 0.5) is 0 Å². The van der Waals surface area contributed by atoms with Crippen LogP contribution in [-0.2, 0) is 0 Å². The minimum Gasteiger partial charge on any atom is -0.103 e. The van der Waals surface area contributed by atoms with Crippen LogP contribution in [0.3, 0.4) is 0 Å². The van der Waals surface area contributed by atoms with Gasteiger partial charge in [-0.25, -0.2) is 0 Å². The Balaban J connectivity index is -0.0000000255. The molecule has 0 aromatic rings. The largest absolute Gasteiger partial charge is 0.103 e. The molecule has 0 rings (SSSR count). The predicted octanol–water partition coefficient (Wildman–Crippen LogP) is 8.05. The minimum absolute atomic E-state index is 0. The van der Waals surface area contributed by atoms with Crippen LogP contribution >= 0.6 is 0 Å². The lowest BCUT2D eigenvalue weighted by atomic mass is 10.4. The standard InChI is InChI=1S/C5H10.C4H8.2C3H8.C2H6.CH4/c1-3-5-4-2;1-3-4-2;2*1-3-2;1-2;/h3,5H,4H2,1-2H3;3H,1,4H2,2H3;2*3H2,1-2H3;1-2H3;1H4/b5-3-;;;;;. The molecule has 0 heteroatoms. The van der Waals surface area contributed by atoms with E-state index in [9.17, 15) is 0 Å². The summed E-state index contributed by atoms with van der Waals surface area (Å²) in [5, 5.41) is 0. The highest BCUT2D eigenvalue weighted by molar-refractivity contribution is 4.73. The monoisotopic (exact) mass is 260 g/mol. The molecule has 0 aliphatic rings. The van der Waals surface area contributed by atoms with E-state index in [1.165, 1.54) is 12.8 Å². The molecule has 0 saturated carbocycles. The number of allylic oxidation sites excluding steroid dienone is 3. The lowest BCUT2D eigenvalue weighted by Gasteiger charge is -1.65. The van der Waals surface area contributed by atoms with E-state index in [2.05, 4.69) is 60.3 Å². The third-order valence-electron chi connectivity index (χ3n) is 0.760. The van der Waals surface area contributed by atoms with Gasteiger partial charge in [0.05, 0.1) is 0 Å². The fourth-order valence-electron chi connectivity index (χ4n) is 0.236. The van der Waals surface area contributed by atoms with Crippen molar-refractivity contribution in [3.05, 3.63) is 24.8 Å². The SMILES string of the molecule is C.C/C=C\CC.C=CCC.CC.CCC.CCC. The topological polar surface area (TPSA) is 0 Å². The van der Waals surface area contributed by atoms with Crippen LogP contribution in [0.15, 0.2) is 24.8 Å². The third kappa shape index (κ3) is 528. The third-order valence-corrected chi connectivity index (χ3v) is 0.760. The Kier molecular flexibility index (Phi) is 188. The Bertz CT molecular complexity index is 78.0. The molecule has 0 heterocycles. The average molecular weight is 261 g/mol. The summed E-state index contributed by atoms with van der Waals surface area (Å²) in [5.41, 5.74) is 0. The summed E-state index contributed by atoms with van der Waals surface area (Å²) >= 11 is 0. The van der Waals surface area contributed by atoms with Crippen LogP contribution in [0.5, 0.6) is 0 Å². The molecule has 0 aromatic carbocycles. The summed E-state index contributed by atoms with van der Waals surface area (Å²) in [7, 11) is 0. The van der Waals surface area contributed by atoms with Crippen LogP contribution < -0.4 is 0 Å². The summed E-state index contributed by atoms with van der Waals surface area (Å²) in [5.74, 6) is 0. The van der Waals surface area contributed by atoms with E-state index in [-0.39, 0.29) is 7.43 Å². The van der Waals surface area contributed by atoms with Crippen LogP contribution in [0.1, 0.15) is 95.4 Å². The molecule has 0 saturated heterocycles. The van der Waals surface area contributed by atoms with Gasteiger partial charge in [-0.1, -0.05) is 93.9 Å². The molecular weight excluding hydrogens is 216 g/mol. The maximum Gasteiger partial charge on any atom is -0.0379 e. The Morgan fingerprint density at radius 1 is 0.778 bits per heavy atom. The lowest BCUT2D eigenvalue weighted by Crippen LogP contribution is -1.43. The van der Waals surface area contributed by atoms with Crippen molar-refractivity contribution in [2.24, 2.45) is 0 Å². The Morgan fingerprint density at radius 3 is 1.00 bits per heavy atom. The molecule has 0 N–H and O–H groups in total. The van der Waals surface area contributed by atoms with Crippen molar-refractivity contribution < 1.29 is 0 Å².